The zero-order chi connectivity index (χ0) is 8.66. The molecule has 0 unspecified atom stereocenters. The van der Waals surface area contributed by atoms with Crippen molar-refractivity contribution in [3.05, 3.63) is 0 Å². The first-order valence-corrected chi connectivity index (χ1v) is 4.66. The molecule has 3 heterocycles. The van der Waals surface area contributed by atoms with Crippen molar-refractivity contribution in [3.8, 4) is 0 Å². The smallest absolute Gasteiger partial charge is 0.180 e. The lowest BCUT2D eigenvalue weighted by molar-refractivity contribution is -1.09. The first-order chi connectivity index (χ1) is 5.74. The number of fused-ring (bicyclic) bond motifs is 3. The molecule has 3 aliphatic heterocycles. The van der Waals surface area contributed by atoms with Crippen molar-refractivity contribution in [2.24, 2.45) is 0 Å². The monoisotopic (exact) mass is 174 g/mol. The Morgan fingerprint density at radius 1 is 0.667 bits per heavy atom. The number of nitrogens with zero attached hydrogens (tertiary/aromatic N) is 2. The summed E-state index contributed by atoms with van der Waals surface area (Å²) in [6, 6.07) is 0. The highest BCUT2D eigenvalue weighted by molar-refractivity contribution is 4.58. The molecule has 3 rings (SSSR count). The lowest BCUT2D eigenvalue weighted by Crippen LogP contribution is -2.75. The molecule has 3 fully saturated rings. The fraction of sp³-hybridized carbons (Fsp3) is 1.00. The maximum absolute atomic E-state index is 9.23. The van der Waals surface area contributed by atoms with Crippen LogP contribution in [0, 0.1) is 0 Å². The Hall–Kier alpha value is -0.160. The molecule has 0 aromatic carbocycles. The Morgan fingerprint density at radius 2 is 0.917 bits per heavy atom. The summed E-state index contributed by atoms with van der Waals surface area (Å²) in [5.74, 6) is 0. The summed E-state index contributed by atoms with van der Waals surface area (Å²) in [6.07, 6.45) is 0. The van der Waals surface area contributed by atoms with Crippen LogP contribution in [0.5, 0.6) is 0 Å². The molecule has 70 valence electrons. The van der Waals surface area contributed by atoms with Gasteiger partial charge in [0.25, 0.3) is 0 Å². The third-order valence-electron chi connectivity index (χ3n) is 3.75. The first kappa shape index (κ1) is 8.44. The van der Waals surface area contributed by atoms with Gasteiger partial charge in [-0.3, -0.25) is 8.97 Å². The molecule has 0 aromatic rings. The average molecular weight is 174 g/mol. The molecule has 0 atom stereocenters. The summed E-state index contributed by atoms with van der Waals surface area (Å²) in [7, 11) is 0. The van der Waals surface area contributed by atoms with Gasteiger partial charge in [-0.15, -0.1) is 0 Å². The van der Waals surface area contributed by atoms with E-state index in [0.29, 0.717) is 0 Å². The SMILES string of the molecule is OC[N+]12CC[N+](CO)(CC1)CC2. The van der Waals surface area contributed by atoms with Crippen LogP contribution in [0.25, 0.3) is 0 Å². The molecule has 0 aromatic heterocycles. The molecule has 0 aliphatic carbocycles. The molecule has 0 radical (unpaired) electrons. The van der Waals surface area contributed by atoms with Crippen molar-refractivity contribution >= 4 is 0 Å². The van der Waals surface area contributed by atoms with Gasteiger partial charge in [-0.1, -0.05) is 0 Å². The van der Waals surface area contributed by atoms with Crippen molar-refractivity contribution in [3.63, 3.8) is 0 Å². The second-order valence-electron chi connectivity index (χ2n) is 4.31. The van der Waals surface area contributed by atoms with E-state index >= 15 is 0 Å². The molecule has 3 aliphatic rings. The summed E-state index contributed by atoms with van der Waals surface area (Å²) in [6.45, 7) is 6.80. The van der Waals surface area contributed by atoms with Crippen LogP contribution in [0.4, 0.5) is 0 Å². The van der Waals surface area contributed by atoms with E-state index in [4.69, 9.17) is 0 Å². The zero-order valence-corrected chi connectivity index (χ0v) is 7.45. The summed E-state index contributed by atoms with van der Waals surface area (Å²) < 4.78 is 1.75. The summed E-state index contributed by atoms with van der Waals surface area (Å²) in [5, 5.41) is 18.5. The van der Waals surface area contributed by atoms with E-state index in [1.165, 1.54) is 0 Å². The number of quaternary nitrogens is 2. The van der Waals surface area contributed by atoms with Gasteiger partial charge in [0.05, 0.1) is 0 Å². The molecule has 12 heavy (non-hydrogen) atoms. The van der Waals surface area contributed by atoms with Gasteiger partial charge in [-0.05, 0) is 0 Å². The summed E-state index contributed by atoms with van der Waals surface area (Å²) >= 11 is 0. The van der Waals surface area contributed by atoms with Crippen LogP contribution in [0.1, 0.15) is 0 Å². The van der Waals surface area contributed by atoms with Crippen molar-refractivity contribution in [2.75, 3.05) is 52.7 Å². The van der Waals surface area contributed by atoms with Gasteiger partial charge in [0, 0.05) is 0 Å². The van der Waals surface area contributed by atoms with Crippen LogP contribution in [0.3, 0.4) is 0 Å². The van der Waals surface area contributed by atoms with Gasteiger partial charge in [-0.2, -0.15) is 0 Å². The van der Waals surface area contributed by atoms with Crippen LogP contribution in [0.15, 0.2) is 0 Å². The fourth-order valence-electron chi connectivity index (χ4n) is 2.37. The lowest BCUT2D eigenvalue weighted by Gasteiger charge is -2.53. The normalized spacial score (nSPS) is 46.5. The van der Waals surface area contributed by atoms with Gasteiger partial charge < -0.3 is 10.2 Å². The highest BCUT2D eigenvalue weighted by Crippen LogP contribution is 2.24. The molecule has 0 spiro atoms. The van der Waals surface area contributed by atoms with E-state index in [1.807, 2.05) is 0 Å². The van der Waals surface area contributed by atoms with Gasteiger partial charge in [0.1, 0.15) is 39.3 Å². The molecule has 0 saturated carbocycles. The van der Waals surface area contributed by atoms with E-state index in [9.17, 15) is 10.2 Å². The van der Waals surface area contributed by atoms with Gasteiger partial charge in [0.15, 0.2) is 13.5 Å². The van der Waals surface area contributed by atoms with Crippen molar-refractivity contribution < 1.29 is 19.2 Å². The molecule has 2 bridgehead atoms. The zero-order valence-electron chi connectivity index (χ0n) is 7.45. The lowest BCUT2D eigenvalue weighted by atomic mass is 10.1. The van der Waals surface area contributed by atoms with Gasteiger partial charge in [0.2, 0.25) is 0 Å². The van der Waals surface area contributed by atoms with Crippen LogP contribution in [0.2, 0.25) is 0 Å². The number of piperazine rings is 3. The largest absolute Gasteiger partial charge is 0.347 e. The Kier molecular flexibility index (Phi) is 1.88. The van der Waals surface area contributed by atoms with E-state index in [0.717, 1.165) is 48.2 Å². The minimum absolute atomic E-state index is 0.283. The standard InChI is InChI=1S/C8H18N2O2/c11-7-9-1-2-10(8-12,5-3-9)6-4-9/h11-12H,1-8H2/q+2. The quantitative estimate of drug-likeness (QED) is 0.503. The molecule has 4 nitrogen and oxygen atoms in total. The van der Waals surface area contributed by atoms with E-state index in [-0.39, 0.29) is 13.5 Å². The minimum atomic E-state index is 0.283. The number of aliphatic hydroxyl groups is 2. The van der Waals surface area contributed by atoms with E-state index in [2.05, 4.69) is 0 Å². The number of aliphatic hydroxyl groups excluding tert-OH is 2. The van der Waals surface area contributed by atoms with Crippen molar-refractivity contribution in [1.29, 1.82) is 0 Å². The minimum Gasteiger partial charge on any atom is -0.347 e. The maximum Gasteiger partial charge on any atom is 0.180 e. The van der Waals surface area contributed by atoms with Crippen LogP contribution >= 0.6 is 0 Å². The maximum atomic E-state index is 9.23. The van der Waals surface area contributed by atoms with E-state index < -0.39 is 0 Å². The molecule has 4 heteroatoms. The highest BCUT2D eigenvalue weighted by Gasteiger charge is 2.48. The van der Waals surface area contributed by atoms with E-state index in [1.54, 1.807) is 0 Å². The Labute approximate surface area is 72.8 Å². The highest BCUT2D eigenvalue weighted by atomic mass is 16.3. The predicted molar refractivity (Wildman–Crippen MR) is 43.9 cm³/mol. The Bertz CT molecular complexity index is 139. The number of rotatable bonds is 2. The van der Waals surface area contributed by atoms with Crippen molar-refractivity contribution in [1.82, 2.24) is 0 Å². The number of hydrogen-bond donors (Lipinski definition) is 2. The first-order valence-electron chi connectivity index (χ1n) is 4.66. The third kappa shape index (κ3) is 1.07. The van der Waals surface area contributed by atoms with Gasteiger partial charge in [-0.25, -0.2) is 0 Å². The average Bonchev–Trinajstić information content (AvgIpc) is 2.21. The molecular weight excluding hydrogens is 156 g/mol. The molecular formula is C8H18N2O2+2. The fourth-order valence-corrected chi connectivity index (χ4v) is 2.37. The summed E-state index contributed by atoms with van der Waals surface area (Å²) in [4.78, 5) is 0. The number of hydrogen-bond acceptors (Lipinski definition) is 2. The van der Waals surface area contributed by atoms with Crippen LogP contribution in [-0.4, -0.2) is 71.9 Å². The van der Waals surface area contributed by atoms with Crippen LogP contribution in [-0.2, 0) is 0 Å². The Balaban J connectivity index is 2.09. The van der Waals surface area contributed by atoms with Crippen LogP contribution < -0.4 is 0 Å². The Morgan fingerprint density at radius 3 is 1.08 bits per heavy atom. The molecule has 0 amide bonds. The molecule has 3 saturated heterocycles. The third-order valence-corrected chi connectivity index (χ3v) is 3.75. The topological polar surface area (TPSA) is 40.5 Å². The predicted octanol–water partition coefficient (Wildman–Crippen LogP) is -1.45. The van der Waals surface area contributed by atoms with Crippen molar-refractivity contribution in [2.45, 2.75) is 0 Å². The molecule has 2 N–H and O–H groups in total. The summed E-state index contributed by atoms with van der Waals surface area (Å²) in [5.41, 5.74) is 0. The van der Waals surface area contributed by atoms with Gasteiger partial charge >= 0.3 is 0 Å². The second kappa shape index (κ2) is 2.67. The second-order valence-corrected chi connectivity index (χ2v) is 4.31.